The zero-order valence-electron chi connectivity index (χ0n) is 13.5. The third-order valence-electron chi connectivity index (χ3n) is 5.98. The van der Waals surface area contributed by atoms with Crippen molar-refractivity contribution in [1.29, 1.82) is 0 Å². The summed E-state index contributed by atoms with van der Waals surface area (Å²) in [6.45, 7) is 11.7. The second-order valence-corrected chi connectivity index (χ2v) is 7.56. The zero-order chi connectivity index (χ0) is 14.1. The molecule has 0 aromatic rings. The van der Waals surface area contributed by atoms with E-state index in [0.717, 1.165) is 30.4 Å². The van der Waals surface area contributed by atoms with Crippen LogP contribution in [-0.4, -0.2) is 49.3 Å². The first-order valence-electron chi connectivity index (χ1n) is 8.74. The SMILES string of the molecule is CC1OCCC1CNC1C2CCCC1CN(C(C)C)C2. The van der Waals surface area contributed by atoms with Gasteiger partial charge in [-0.05, 0) is 57.8 Å². The Hall–Kier alpha value is -0.120. The molecule has 2 heterocycles. The zero-order valence-corrected chi connectivity index (χ0v) is 13.5. The summed E-state index contributed by atoms with van der Waals surface area (Å²) in [5, 5.41) is 3.95. The summed E-state index contributed by atoms with van der Waals surface area (Å²) in [5.74, 6) is 2.49. The molecule has 1 N–H and O–H groups in total. The molecule has 2 saturated heterocycles. The largest absolute Gasteiger partial charge is 0.378 e. The Morgan fingerprint density at radius 3 is 2.40 bits per heavy atom. The van der Waals surface area contributed by atoms with Gasteiger partial charge in [-0.2, -0.15) is 0 Å². The highest BCUT2D eigenvalue weighted by Crippen LogP contribution is 2.36. The van der Waals surface area contributed by atoms with E-state index < -0.39 is 0 Å². The van der Waals surface area contributed by atoms with Crippen LogP contribution in [0.1, 0.15) is 46.5 Å². The number of fused-ring (bicyclic) bond motifs is 2. The minimum atomic E-state index is 0.457. The van der Waals surface area contributed by atoms with Crippen molar-refractivity contribution < 1.29 is 4.74 Å². The summed E-state index contributed by atoms with van der Waals surface area (Å²) >= 11 is 0. The molecule has 2 aliphatic heterocycles. The van der Waals surface area contributed by atoms with Crippen molar-refractivity contribution in [2.75, 3.05) is 26.2 Å². The van der Waals surface area contributed by atoms with E-state index in [1.54, 1.807) is 0 Å². The minimum Gasteiger partial charge on any atom is -0.378 e. The van der Waals surface area contributed by atoms with Crippen molar-refractivity contribution in [3.05, 3.63) is 0 Å². The van der Waals surface area contributed by atoms with E-state index >= 15 is 0 Å². The third kappa shape index (κ3) is 3.05. The van der Waals surface area contributed by atoms with Gasteiger partial charge in [-0.15, -0.1) is 0 Å². The first-order chi connectivity index (χ1) is 9.65. The maximum absolute atomic E-state index is 5.70. The Morgan fingerprint density at radius 1 is 1.15 bits per heavy atom. The van der Waals surface area contributed by atoms with Crippen LogP contribution in [0.15, 0.2) is 0 Å². The lowest BCUT2D eigenvalue weighted by molar-refractivity contribution is 0.0261. The quantitative estimate of drug-likeness (QED) is 0.856. The molecular weight excluding hydrogens is 248 g/mol. The van der Waals surface area contributed by atoms with Gasteiger partial charge in [-0.25, -0.2) is 0 Å². The molecule has 3 fully saturated rings. The smallest absolute Gasteiger partial charge is 0.0588 e. The molecule has 116 valence electrons. The van der Waals surface area contributed by atoms with Crippen LogP contribution >= 0.6 is 0 Å². The van der Waals surface area contributed by atoms with Crippen LogP contribution in [0.5, 0.6) is 0 Å². The summed E-state index contributed by atoms with van der Waals surface area (Å²) < 4.78 is 5.70. The monoisotopic (exact) mass is 280 g/mol. The molecule has 0 spiro atoms. The fourth-order valence-electron chi connectivity index (χ4n) is 4.56. The molecular formula is C17H32N2O. The van der Waals surface area contributed by atoms with Crippen LogP contribution in [0.4, 0.5) is 0 Å². The van der Waals surface area contributed by atoms with E-state index in [4.69, 9.17) is 4.74 Å². The molecule has 0 aromatic heterocycles. The molecule has 2 bridgehead atoms. The molecule has 3 nitrogen and oxygen atoms in total. The van der Waals surface area contributed by atoms with E-state index in [2.05, 4.69) is 31.0 Å². The molecule has 0 amide bonds. The lowest BCUT2D eigenvalue weighted by atomic mass is 9.73. The Labute approximate surface area is 124 Å². The van der Waals surface area contributed by atoms with E-state index in [-0.39, 0.29) is 0 Å². The molecule has 0 radical (unpaired) electrons. The van der Waals surface area contributed by atoms with Crippen molar-refractivity contribution >= 4 is 0 Å². The summed E-state index contributed by atoms with van der Waals surface area (Å²) in [5.41, 5.74) is 0. The van der Waals surface area contributed by atoms with Gasteiger partial charge in [0.15, 0.2) is 0 Å². The Morgan fingerprint density at radius 2 is 1.85 bits per heavy atom. The second-order valence-electron chi connectivity index (χ2n) is 7.56. The van der Waals surface area contributed by atoms with Crippen molar-refractivity contribution in [2.45, 2.75) is 64.6 Å². The van der Waals surface area contributed by atoms with E-state index in [9.17, 15) is 0 Å². The Balaban J connectivity index is 1.56. The number of piperidine rings is 1. The number of ether oxygens (including phenoxy) is 1. The van der Waals surface area contributed by atoms with E-state index in [1.807, 2.05) is 0 Å². The lowest BCUT2D eigenvalue weighted by Crippen LogP contribution is -2.58. The molecule has 1 saturated carbocycles. The number of rotatable bonds is 4. The van der Waals surface area contributed by atoms with E-state index in [0.29, 0.717) is 12.1 Å². The number of nitrogens with one attached hydrogen (secondary N) is 1. The highest BCUT2D eigenvalue weighted by atomic mass is 16.5. The van der Waals surface area contributed by atoms with Crippen LogP contribution in [0.2, 0.25) is 0 Å². The molecule has 0 aromatic carbocycles. The summed E-state index contributed by atoms with van der Waals surface area (Å²) in [4.78, 5) is 2.70. The lowest BCUT2D eigenvalue weighted by Gasteiger charge is -2.49. The molecule has 3 aliphatic rings. The fraction of sp³-hybridized carbons (Fsp3) is 1.00. The minimum absolute atomic E-state index is 0.457. The van der Waals surface area contributed by atoms with Crippen molar-refractivity contribution in [2.24, 2.45) is 17.8 Å². The van der Waals surface area contributed by atoms with E-state index in [1.165, 1.54) is 45.3 Å². The second kappa shape index (κ2) is 6.33. The van der Waals surface area contributed by atoms with Crippen molar-refractivity contribution in [3.8, 4) is 0 Å². The predicted molar refractivity (Wildman–Crippen MR) is 82.9 cm³/mol. The number of hydrogen-bond acceptors (Lipinski definition) is 3. The topological polar surface area (TPSA) is 24.5 Å². The maximum atomic E-state index is 5.70. The average Bonchev–Trinajstić information content (AvgIpc) is 2.80. The molecule has 3 rings (SSSR count). The van der Waals surface area contributed by atoms with Crippen LogP contribution in [0.3, 0.4) is 0 Å². The Bertz CT molecular complexity index is 306. The summed E-state index contributed by atoms with van der Waals surface area (Å²) in [6.07, 6.45) is 6.00. The van der Waals surface area contributed by atoms with Crippen molar-refractivity contribution in [1.82, 2.24) is 10.2 Å². The molecule has 20 heavy (non-hydrogen) atoms. The highest BCUT2D eigenvalue weighted by molar-refractivity contribution is 4.96. The number of hydrogen-bond donors (Lipinski definition) is 1. The molecule has 4 atom stereocenters. The van der Waals surface area contributed by atoms with Gasteiger partial charge < -0.3 is 15.0 Å². The van der Waals surface area contributed by atoms with Gasteiger partial charge in [0.2, 0.25) is 0 Å². The maximum Gasteiger partial charge on any atom is 0.0588 e. The van der Waals surface area contributed by atoms with Gasteiger partial charge >= 0.3 is 0 Å². The van der Waals surface area contributed by atoms with Gasteiger partial charge in [0.1, 0.15) is 0 Å². The number of nitrogens with zero attached hydrogens (tertiary/aromatic N) is 1. The molecule has 3 heteroatoms. The predicted octanol–water partition coefficient (Wildman–Crippen LogP) is 2.51. The first kappa shape index (κ1) is 14.8. The molecule has 4 unspecified atom stereocenters. The highest BCUT2D eigenvalue weighted by Gasteiger charge is 2.40. The van der Waals surface area contributed by atoms with Crippen LogP contribution in [0, 0.1) is 17.8 Å². The normalized spacial score (nSPS) is 42.3. The van der Waals surface area contributed by atoms with Gasteiger partial charge in [-0.1, -0.05) is 6.42 Å². The van der Waals surface area contributed by atoms with Gasteiger partial charge in [-0.3, -0.25) is 0 Å². The van der Waals surface area contributed by atoms with Gasteiger partial charge in [0.25, 0.3) is 0 Å². The van der Waals surface area contributed by atoms with Crippen LogP contribution in [-0.2, 0) is 4.74 Å². The standard InChI is InChI=1S/C17H32N2O/c1-12(2)19-10-15-5-4-6-16(11-19)17(15)18-9-14-7-8-20-13(14)3/h12-18H,4-11H2,1-3H3. The summed E-state index contributed by atoms with van der Waals surface area (Å²) in [6, 6.07) is 1.48. The average molecular weight is 280 g/mol. The van der Waals surface area contributed by atoms with Crippen LogP contribution < -0.4 is 5.32 Å². The van der Waals surface area contributed by atoms with Gasteiger partial charge in [0, 0.05) is 38.3 Å². The third-order valence-corrected chi connectivity index (χ3v) is 5.98. The number of likely N-dealkylation sites (tertiary alicyclic amines) is 1. The van der Waals surface area contributed by atoms with Crippen LogP contribution in [0.25, 0.3) is 0 Å². The molecule has 1 aliphatic carbocycles. The van der Waals surface area contributed by atoms with Gasteiger partial charge in [0.05, 0.1) is 6.10 Å². The fourth-order valence-corrected chi connectivity index (χ4v) is 4.56. The Kier molecular flexibility index (Phi) is 4.68. The summed E-state index contributed by atoms with van der Waals surface area (Å²) in [7, 11) is 0. The first-order valence-corrected chi connectivity index (χ1v) is 8.74. The van der Waals surface area contributed by atoms with Crippen molar-refractivity contribution in [3.63, 3.8) is 0 Å².